The number of halogens is 2. The zero-order chi connectivity index (χ0) is 9.28. The Kier molecular flexibility index (Phi) is 10.9. The van der Waals surface area contributed by atoms with Crippen LogP contribution in [0.5, 0.6) is 0 Å². The van der Waals surface area contributed by atoms with Crippen LogP contribution in [0.15, 0.2) is 0 Å². The van der Waals surface area contributed by atoms with Crippen molar-refractivity contribution in [3.8, 4) is 0 Å². The third-order valence-corrected chi connectivity index (χ3v) is 0.639. The van der Waals surface area contributed by atoms with E-state index >= 15 is 0 Å². The lowest BCUT2D eigenvalue weighted by molar-refractivity contribution is -0.120. The fraction of sp³-hybridized carbons (Fsp3) is 0.833. The average molecular weight is 168 g/mol. The molecule has 0 bridgehead atoms. The van der Waals surface area contributed by atoms with Crippen molar-refractivity contribution in [2.45, 2.75) is 20.3 Å². The molecular weight excluding hydrogens is 154 g/mol. The third kappa shape index (κ3) is 12.5. The molecule has 0 aromatic rings. The minimum atomic E-state index is -2.50. The molecular formula is C6H14F2N2O. The summed E-state index contributed by atoms with van der Waals surface area (Å²) in [6.07, 6.45) is -2.50. The summed E-state index contributed by atoms with van der Waals surface area (Å²) in [5, 5.41) is 1.92. The summed E-state index contributed by atoms with van der Waals surface area (Å²) in [5.41, 5.74) is 4.80. The number of hydrogen-bond acceptors (Lipinski definition) is 2. The SMILES string of the molecule is CC.NCC(=O)NCC(F)F. The molecule has 0 saturated carbocycles. The second-order valence-electron chi connectivity index (χ2n) is 1.40. The molecule has 0 aliphatic carbocycles. The van der Waals surface area contributed by atoms with Crippen molar-refractivity contribution in [2.24, 2.45) is 5.73 Å². The Morgan fingerprint density at radius 3 is 2.27 bits per heavy atom. The van der Waals surface area contributed by atoms with E-state index < -0.39 is 18.9 Å². The maximum Gasteiger partial charge on any atom is 0.255 e. The zero-order valence-electron chi connectivity index (χ0n) is 6.73. The molecule has 3 nitrogen and oxygen atoms in total. The van der Waals surface area contributed by atoms with Crippen LogP contribution < -0.4 is 11.1 Å². The van der Waals surface area contributed by atoms with Gasteiger partial charge in [-0.15, -0.1) is 0 Å². The predicted molar refractivity (Wildman–Crippen MR) is 39.4 cm³/mol. The second kappa shape index (κ2) is 9.29. The van der Waals surface area contributed by atoms with E-state index in [-0.39, 0.29) is 6.54 Å². The lowest BCUT2D eigenvalue weighted by atomic mass is 10.5. The minimum absolute atomic E-state index is 0.243. The van der Waals surface area contributed by atoms with E-state index in [1.54, 1.807) is 0 Å². The van der Waals surface area contributed by atoms with Crippen molar-refractivity contribution in [1.82, 2.24) is 5.32 Å². The molecule has 11 heavy (non-hydrogen) atoms. The maximum absolute atomic E-state index is 11.3. The number of hydrogen-bond donors (Lipinski definition) is 2. The van der Waals surface area contributed by atoms with Gasteiger partial charge in [0.15, 0.2) is 0 Å². The largest absolute Gasteiger partial charge is 0.349 e. The topological polar surface area (TPSA) is 55.1 Å². The van der Waals surface area contributed by atoms with Crippen LogP contribution in [0.3, 0.4) is 0 Å². The van der Waals surface area contributed by atoms with Crippen molar-refractivity contribution < 1.29 is 13.6 Å². The molecule has 0 heterocycles. The Morgan fingerprint density at radius 1 is 1.55 bits per heavy atom. The summed E-state index contributed by atoms with van der Waals surface area (Å²) in [6, 6.07) is 0. The Bertz CT molecular complexity index is 98.6. The number of carbonyl (C=O) groups excluding carboxylic acids is 1. The number of alkyl halides is 2. The highest BCUT2D eigenvalue weighted by Crippen LogP contribution is 1.86. The number of rotatable bonds is 3. The fourth-order valence-electron chi connectivity index (χ4n) is 0.263. The van der Waals surface area contributed by atoms with Crippen LogP contribution in [0.2, 0.25) is 0 Å². The highest BCUT2D eigenvalue weighted by molar-refractivity contribution is 5.77. The molecule has 0 rings (SSSR count). The molecule has 0 aromatic carbocycles. The first-order chi connectivity index (χ1) is 5.16. The second-order valence-corrected chi connectivity index (χ2v) is 1.40. The van der Waals surface area contributed by atoms with Crippen LogP contribution in [0.4, 0.5) is 8.78 Å². The van der Waals surface area contributed by atoms with E-state index in [9.17, 15) is 13.6 Å². The highest BCUT2D eigenvalue weighted by Gasteiger charge is 2.02. The van der Waals surface area contributed by atoms with Gasteiger partial charge in [-0.1, -0.05) is 13.8 Å². The van der Waals surface area contributed by atoms with E-state index in [1.807, 2.05) is 19.2 Å². The normalized spacial score (nSPS) is 8.55. The lowest BCUT2D eigenvalue weighted by Crippen LogP contribution is -2.33. The third-order valence-electron chi connectivity index (χ3n) is 0.639. The number of nitrogens with one attached hydrogen (secondary N) is 1. The van der Waals surface area contributed by atoms with Crippen LogP contribution in [0, 0.1) is 0 Å². The van der Waals surface area contributed by atoms with E-state index in [0.717, 1.165) is 0 Å². The summed E-state index contributed by atoms with van der Waals surface area (Å²) >= 11 is 0. The number of amides is 1. The van der Waals surface area contributed by atoms with Gasteiger partial charge in [-0.25, -0.2) is 8.78 Å². The first-order valence-electron chi connectivity index (χ1n) is 3.41. The van der Waals surface area contributed by atoms with Gasteiger partial charge in [0.05, 0.1) is 13.1 Å². The number of carbonyl (C=O) groups is 1. The minimum Gasteiger partial charge on any atom is -0.349 e. The van der Waals surface area contributed by atoms with Gasteiger partial charge in [-0.05, 0) is 0 Å². The van der Waals surface area contributed by atoms with Gasteiger partial charge < -0.3 is 11.1 Å². The molecule has 0 radical (unpaired) electrons. The summed E-state index contributed by atoms with van der Waals surface area (Å²) in [4.78, 5) is 10.1. The Labute approximate surface area is 65.0 Å². The van der Waals surface area contributed by atoms with Gasteiger partial charge in [-0.3, -0.25) is 4.79 Å². The summed E-state index contributed by atoms with van der Waals surface area (Å²) in [5.74, 6) is -0.560. The molecule has 0 atom stereocenters. The molecule has 1 amide bonds. The molecule has 0 saturated heterocycles. The summed E-state index contributed by atoms with van der Waals surface area (Å²) in [7, 11) is 0. The van der Waals surface area contributed by atoms with Crippen LogP contribution >= 0.6 is 0 Å². The van der Waals surface area contributed by atoms with Gasteiger partial charge in [0.2, 0.25) is 5.91 Å². The van der Waals surface area contributed by atoms with Crippen molar-refractivity contribution in [1.29, 1.82) is 0 Å². The van der Waals surface area contributed by atoms with Gasteiger partial charge in [0.1, 0.15) is 0 Å². The number of nitrogens with two attached hydrogens (primary N) is 1. The van der Waals surface area contributed by atoms with Gasteiger partial charge in [0.25, 0.3) is 6.43 Å². The fourth-order valence-corrected chi connectivity index (χ4v) is 0.263. The van der Waals surface area contributed by atoms with Crippen LogP contribution in [0.1, 0.15) is 13.8 Å². The Balaban J connectivity index is 0. The molecule has 0 spiro atoms. The highest BCUT2D eigenvalue weighted by atomic mass is 19.3. The zero-order valence-corrected chi connectivity index (χ0v) is 6.73. The standard InChI is InChI=1S/C4H8F2N2O.C2H6/c5-3(6)2-8-4(9)1-7;1-2/h3H,1-2,7H2,(H,8,9);1-2H3. The van der Waals surface area contributed by atoms with Gasteiger partial charge in [0, 0.05) is 0 Å². The first kappa shape index (κ1) is 12.9. The monoisotopic (exact) mass is 168 g/mol. The van der Waals surface area contributed by atoms with E-state index in [2.05, 4.69) is 0 Å². The molecule has 0 aromatic heterocycles. The summed E-state index contributed by atoms with van der Waals surface area (Å²) < 4.78 is 22.6. The molecule has 0 aliphatic heterocycles. The predicted octanol–water partition coefficient (Wildman–Crippen LogP) is 0.353. The first-order valence-corrected chi connectivity index (χ1v) is 3.41. The maximum atomic E-state index is 11.3. The molecule has 0 fully saturated rings. The quantitative estimate of drug-likeness (QED) is 0.639. The molecule has 0 aliphatic rings. The Morgan fingerprint density at radius 2 is 2.00 bits per heavy atom. The van der Waals surface area contributed by atoms with E-state index in [4.69, 9.17) is 5.73 Å². The lowest BCUT2D eigenvalue weighted by Gasteiger charge is -1.99. The van der Waals surface area contributed by atoms with Crippen molar-refractivity contribution >= 4 is 5.91 Å². The smallest absolute Gasteiger partial charge is 0.255 e. The van der Waals surface area contributed by atoms with Crippen LogP contribution in [-0.2, 0) is 4.79 Å². The van der Waals surface area contributed by atoms with Gasteiger partial charge >= 0.3 is 0 Å². The van der Waals surface area contributed by atoms with Crippen molar-refractivity contribution in [3.05, 3.63) is 0 Å². The average Bonchev–Trinajstić information content (AvgIpc) is 2.04. The van der Waals surface area contributed by atoms with Crippen molar-refractivity contribution in [2.75, 3.05) is 13.1 Å². The van der Waals surface area contributed by atoms with Crippen LogP contribution in [-0.4, -0.2) is 25.4 Å². The molecule has 68 valence electrons. The van der Waals surface area contributed by atoms with E-state index in [0.29, 0.717) is 0 Å². The molecule has 0 unspecified atom stereocenters. The molecule has 3 N–H and O–H groups in total. The molecule has 5 heteroatoms. The summed E-state index contributed by atoms with van der Waals surface area (Å²) in [6.45, 7) is 3.14. The van der Waals surface area contributed by atoms with E-state index in [1.165, 1.54) is 0 Å². The van der Waals surface area contributed by atoms with Gasteiger partial charge in [-0.2, -0.15) is 0 Å². The Hall–Kier alpha value is -0.710. The van der Waals surface area contributed by atoms with Crippen molar-refractivity contribution in [3.63, 3.8) is 0 Å². The van der Waals surface area contributed by atoms with Crippen LogP contribution in [0.25, 0.3) is 0 Å².